The van der Waals surface area contributed by atoms with Gasteiger partial charge in [-0.05, 0) is 62.3 Å². The van der Waals surface area contributed by atoms with Crippen LogP contribution >= 0.6 is 0 Å². The van der Waals surface area contributed by atoms with Crippen LogP contribution in [0.2, 0.25) is 0 Å². The lowest BCUT2D eigenvalue weighted by molar-refractivity contribution is -0.143. The van der Waals surface area contributed by atoms with E-state index in [1.54, 1.807) is 62.3 Å². The number of carbonyl (C=O) groups is 3. The van der Waals surface area contributed by atoms with E-state index in [2.05, 4.69) is 5.32 Å². The molecule has 33 heavy (non-hydrogen) atoms. The highest BCUT2D eigenvalue weighted by atomic mass is 16.6. The molecule has 0 aromatic heterocycles. The zero-order chi connectivity index (χ0) is 25.9. The minimum atomic E-state index is -1.62. The van der Waals surface area contributed by atoms with Crippen molar-refractivity contribution in [2.75, 3.05) is 6.54 Å². The van der Waals surface area contributed by atoms with Crippen molar-refractivity contribution in [3.63, 3.8) is 0 Å². The van der Waals surface area contributed by atoms with Crippen LogP contribution in [0.3, 0.4) is 0 Å². The number of hydrogen-bond acceptors (Lipinski definition) is 9. The Balaban J connectivity index is 3.49. The van der Waals surface area contributed by atoms with E-state index in [0.29, 0.717) is 0 Å². The van der Waals surface area contributed by atoms with E-state index in [-0.39, 0.29) is 11.3 Å². The Kier molecular flexibility index (Phi) is 8.37. The number of ether oxygens (including phenoxy) is 3. The maximum absolute atomic E-state index is 12.5. The van der Waals surface area contributed by atoms with Gasteiger partial charge >= 0.3 is 18.0 Å². The molecule has 4 N–H and O–H groups in total. The summed E-state index contributed by atoms with van der Waals surface area (Å²) in [6, 6.07) is 0.916. The van der Waals surface area contributed by atoms with Crippen molar-refractivity contribution in [2.24, 2.45) is 10.8 Å². The molecule has 0 unspecified atom stereocenters. The average molecular weight is 470 g/mol. The Labute approximate surface area is 193 Å². The van der Waals surface area contributed by atoms with Gasteiger partial charge in [0.15, 0.2) is 11.5 Å². The molecule has 10 heteroatoms. The van der Waals surface area contributed by atoms with Crippen molar-refractivity contribution in [2.45, 2.75) is 74.0 Å². The number of phenolic OH excluding ortho intramolecular Hbond substituents is 2. The summed E-state index contributed by atoms with van der Waals surface area (Å²) in [5, 5.41) is 33.7. The fraction of sp³-hybridized carbons (Fsp3) is 0.609. The topological polar surface area (TPSA) is 152 Å². The van der Waals surface area contributed by atoms with Crippen LogP contribution in [-0.4, -0.2) is 45.5 Å². The largest absolute Gasteiger partial charge is 0.504 e. The molecule has 0 radical (unpaired) electrons. The molecule has 0 saturated carbocycles. The molecule has 0 aliphatic heterocycles. The van der Waals surface area contributed by atoms with E-state index in [9.17, 15) is 29.7 Å². The number of rotatable bonds is 5. The van der Waals surface area contributed by atoms with Crippen LogP contribution < -0.4 is 14.8 Å². The van der Waals surface area contributed by atoms with Gasteiger partial charge < -0.3 is 34.8 Å². The van der Waals surface area contributed by atoms with Gasteiger partial charge in [0.05, 0.1) is 22.9 Å². The normalized spacial score (nSPS) is 13.2. The van der Waals surface area contributed by atoms with Gasteiger partial charge in [-0.2, -0.15) is 0 Å². The van der Waals surface area contributed by atoms with Crippen LogP contribution in [0.5, 0.6) is 23.0 Å². The zero-order valence-corrected chi connectivity index (χ0v) is 20.7. The summed E-state index contributed by atoms with van der Waals surface area (Å²) in [6.07, 6.45) is -2.44. The zero-order valence-electron chi connectivity index (χ0n) is 20.7. The number of aromatic hydroxyl groups is 2. The summed E-state index contributed by atoms with van der Waals surface area (Å²) in [7, 11) is 0. The molecule has 0 aliphatic rings. The number of carbonyl (C=O) groups excluding carboxylic acids is 3. The van der Waals surface area contributed by atoms with Gasteiger partial charge in [-0.1, -0.05) is 0 Å². The van der Waals surface area contributed by atoms with Gasteiger partial charge in [0, 0.05) is 6.07 Å². The first kappa shape index (κ1) is 28.0. The first-order valence-corrected chi connectivity index (χ1v) is 10.4. The van der Waals surface area contributed by atoms with Crippen molar-refractivity contribution >= 4 is 18.0 Å². The fourth-order valence-electron chi connectivity index (χ4n) is 2.22. The van der Waals surface area contributed by atoms with Gasteiger partial charge in [0.1, 0.15) is 17.5 Å². The molecule has 0 fully saturated rings. The van der Waals surface area contributed by atoms with Crippen LogP contribution in [-0.2, 0) is 14.3 Å². The van der Waals surface area contributed by atoms with Crippen molar-refractivity contribution in [3.05, 3.63) is 11.6 Å². The lowest BCUT2D eigenvalue weighted by Gasteiger charge is -2.25. The molecule has 0 heterocycles. The second-order valence-electron chi connectivity index (χ2n) is 10.7. The Hall–Kier alpha value is -3.01. The molecule has 186 valence electrons. The molecule has 10 nitrogen and oxygen atoms in total. The van der Waals surface area contributed by atoms with E-state index in [1.165, 1.54) is 0 Å². The van der Waals surface area contributed by atoms with E-state index in [4.69, 9.17) is 14.2 Å². The highest BCUT2D eigenvalue weighted by molar-refractivity contribution is 5.82. The summed E-state index contributed by atoms with van der Waals surface area (Å²) >= 11 is 0. The molecule has 1 aromatic rings. The lowest BCUT2D eigenvalue weighted by atomic mass is 9.96. The highest BCUT2D eigenvalue weighted by Crippen LogP contribution is 2.47. The number of amides is 1. The number of esters is 2. The maximum atomic E-state index is 12.5. The van der Waals surface area contributed by atoms with Crippen molar-refractivity contribution in [3.8, 4) is 23.0 Å². The quantitative estimate of drug-likeness (QED) is 0.288. The SMILES string of the molecule is CC(C)(C)OC(=O)NC[C@@H](O)c1c(OC(=O)C(C)(C)C)cc(O)c(O)c1OC(=O)C(C)(C)C. The molecule has 1 rings (SSSR count). The van der Waals surface area contributed by atoms with E-state index in [0.717, 1.165) is 6.07 Å². The third-order valence-corrected chi connectivity index (χ3v) is 4.03. The van der Waals surface area contributed by atoms with Crippen molar-refractivity contribution < 1.29 is 43.9 Å². The van der Waals surface area contributed by atoms with Crippen LogP contribution in [0.15, 0.2) is 6.07 Å². The molecule has 0 spiro atoms. The number of benzene rings is 1. The standard InChI is InChI=1S/C23H35NO9/c1-21(2,3)18(28)31-14-10-12(25)16(27)17(32-19(29)22(4,5)6)15(14)13(26)11-24-20(30)33-23(7,8)9/h10,13,25-27H,11H2,1-9H3,(H,24,30)/t13-/m1/s1. The van der Waals surface area contributed by atoms with Crippen LogP contribution in [0.1, 0.15) is 74.0 Å². The first-order valence-electron chi connectivity index (χ1n) is 10.4. The van der Waals surface area contributed by atoms with Gasteiger partial charge in [-0.15, -0.1) is 0 Å². The van der Waals surface area contributed by atoms with E-state index < -0.39 is 64.4 Å². The highest BCUT2D eigenvalue weighted by Gasteiger charge is 2.33. The summed E-state index contributed by atoms with van der Waals surface area (Å²) < 4.78 is 15.8. The Morgan fingerprint density at radius 2 is 1.39 bits per heavy atom. The Morgan fingerprint density at radius 3 is 1.85 bits per heavy atom. The van der Waals surface area contributed by atoms with Crippen LogP contribution in [0.4, 0.5) is 4.79 Å². The molecule has 0 saturated heterocycles. The van der Waals surface area contributed by atoms with Crippen molar-refractivity contribution in [1.82, 2.24) is 5.32 Å². The average Bonchev–Trinajstić information content (AvgIpc) is 2.60. The molecular weight excluding hydrogens is 434 g/mol. The van der Waals surface area contributed by atoms with Crippen LogP contribution in [0, 0.1) is 10.8 Å². The molecule has 1 atom stereocenters. The first-order chi connectivity index (χ1) is 14.7. The number of alkyl carbamates (subject to hydrolysis) is 1. The Morgan fingerprint density at radius 1 is 0.909 bits per heavy atom. The number of aliphatic hydroxyl groups is 1. The molecule has 1 aromatic carbocycles. The Bertz CT molecular complexity index is 902. The third-order valence-electron chi connectivity index (χ3n) is 4.03. The number of hydrogen-bond donors (Lipinski definition) is 4. The fourth-order valence-corrected chi connectivity index (χ4v) is 2.22. The van der Waals surface area contributed by atoms with Gasteiger partial charge in [-0.3, -0.25) is 9.59 Å². The number of nitrogens with one attached hydrogen (secondary N) is 1. The van der Waals surface area contributed by atoms with Crippen molar-refractivity contribution in [1.29, 1.82) is 0 Å². The lowest BCUT2D eigenvalue weighted by Crippen LogP contribution is -2.35. The van der Waals surface area contributed by atoms with E-state index in [1.807, 2.05) is 0 Å². The minimum absolute atomic E-state index is 0.309. The summed E-state index contributed by atoms with van der Waals surface area (Å²) in [6.45, 7) is 14.0. The van der Waals surface area contributed by atoms with Gasteiger partial charge in [0.2, 0.25) is 5.75 Å². The smallest absolute Gasteiger partial charge is 0.407 e. The molecule has 0 bridgehead atoms. The molecule has 0 aliphatic carbocycles. The monoisotopic (exact) mass is 469 g/mol. The predicted octanol–water partition coefficient (Wildman–Crippen LogP) is 3.56. The van der Waals surface area contributed by atoms with E-state index >= 15 is 0 Å². The number of phenols is 2. The summed E-state index contributed by atoms with van der Waals surface area (Å²) in [5.74, 6) is -4.02. The maximum Gasteiger partial charge on any atom is 0.407 e. The van der Waals surface area contributed by atoms with Gasteiger partial charge in [0.25, 0.3) is 0 Å². The summed E-state index contributed by atoms with van der Waals surface area (Å²) in [4.78, 5) is 37.0. The minimum Gasteiger partial charge on any atom is -0.504 e. The molecule has 1 amide bonds. The third kappa shape index (κ3) is 8.12. The predicted molar refractivity (Wildman–Crippen MR) is 119 cm³/mol. The van der Waals surface area contributed by atoms with Gasteiger partial charge in [-0.25, -0.2) is 4.79 Å². The second kappa shape index (κ2) is 9.86. The summed E-state index contributed by atoms with van der Waals surface area (Å²) in [5.41, 5.74) is -3.05. The number of aliphatic hydroxyl groups excluding tert-OH is 1. The molecular formula is C23H35NO9. The van der Waals surface area contributed by atoms with Crippen LogP contribution in [0.25, 0.3) is 0 Å². The second-order valence-corrected chi connectivity index (χ2v) is 10.7.